The number of thioether (sulfide) groups is 1. The Morgan fingerprint density at radius 2 is 1.91 bits per heavy atom. The van der Waals surface area contributed by atoms with Crippen molar-refractivity contribution >= 4 is 45.0 Å². The van der Waals surface area contributed by atoms with E-state index < -0.39 is 0 Å². The minimum Gasteiger partial charge on any atom is -0.344 e. The molecule has 2 aromatic carbocycles. The first kappa shape index (κ1) is 15.1. The molecule has 0 fully saturated rings. The zero-order chi connectivity index (χ0) is 15.8. The van der Waals surface area contributed by atoms with Crippen LogP contribution in [0.4, 0.5) is 5.69 Å². The SMILES string of the molecule is Clc1ccc(N2CSc3nnc(-c4cccc(Br)c4)n3C2)cc1. The van der Waals surface area contributed by atoms with Crippen molar-refractivity contribution < 1.29 is 0 Å². The molecule has 0 radical (unpaired) electrons. The highest BCUT2D eigenvalue weighted by Crippen LogP contribution is 2.32. The van der Waals surface area contributed by atoms with Crippen LogP contribution in [0.1, 0.15) is 0 Å². The van der Waals surface area contributed by atoms with Crippen LogP contribution in [0.25, 0.3) is 11.4 Å². The summed E-state index contributed by atoms with van der Waals surface area (Å²) in [5.41, 5.74) is 2.19. The molecule has 1 aliphatic heterocycles. The molecule has 1 aromatic heterocycles. The van der Waals surface area contributed by atoms with Gasteiger partial charge in [-0.15, -0.1) is 10.2 Å². The van der Waals surface area contributed by atoms with Gasteiger partial charge >= 0.3 is 0 Å². The number of hydrogen-bond acceptors (Lipinski definition) is 4. The first-order chi connectivity index (χ1) is 11.2. The lowest BCUT2D eigenvalue weighted by Gasteiger charge is -2.29. The van der Waals surface area contributed by atoms with E-state index in [1.54, 1.807) is 11.8 Å². The number of halogens is 2. The van der Waals surface area contributed by atoms with E-state index in [-0.39, 0.29) is 0 Å². The number of rotatable bonds is 2. The molecule has 0 spiro atoms. The Labute approximate surface area is 151 Å². The van der Waals surface area contributed by atoms with Crippen LogP contribution in [0.5, 0.6) is 0 Å². The van der Waals surface area contributed by atoms with Gasteiger partial charge in [0.2, 0.25) is 0 Å². The summed E-state index contributed by atoms with van der Waals surface area (Å²) >= 11 is 11.2. The monoisotopic (exact) mass is 406 g/mol. The van der Waals surface area contributed by atoms with Gasteiger partial charge in [-0.25, -0.2) is 0 Å². The van der Waals surface area contributed by atoms with E-state index >= 15 is 0 Å². The minimum atomic E-state index is 0.721. The zero-order valence-electron chi connectivity index (χ0n) is 12.0. The second kappa shape index (κ2) is 6.19. The standard InChI is InChI=1S/C16H12BrClN4S/c17-12-3-1-2-11(8-12)15-19-20-16-22(15)9-21(10-23-16)14-6-4-13(18)5-7-14/h1-8H,9-10H2. The normalized spacial score (nSPS) is 13.9. The van der Waals surface area contributed by atoms with Crippen LogP contribution in [0.2, 0.25) is 5.02 Å². The third-order valence-electron chi connectivity index (χ3n) is 3.65. The Kier molecular flexibility index (Phi) is 4.05. The Balaban J connectivity index is 1.69. The van der Waals surface area contributed by atoms with E-state index in [1.165, 1.54) is 0 Å². The fraction of sp³-hybridized carbons (Fsp3) is 0.125. The van der Waals surface area contributed by atoms with Crippen molar-refractivity contribution in [2.24, 2.45) is 0 Å². The highest BCUT2D eigenvalue weighted by atomic mass is 79.9. The second-order valence-electron chi connectivity index (χ2n) is 5.18. The number of nitrogens with zero attached hydrogens (tertiary/aromatic N) is 4. The van der Waals surface area contributed by atoms with Crippen LogP contribution < -0.4 is 4.90 Å². The molecular formula is C16H12BrClN4S. The van der Waals surface area contributed by atoms with E-state index in [0.717, 1.165) is 44.3 Å². The topological polar surface area (TPSA) is 34.0 Å². The molecule has 0 atom stereocenters. The molecule has 0 saturated carbocycles. The quantitative estimate of drug-likeness (QED) is 0.606. The Hall–Kier alpha value is -1.50. The summed E-state index contributed by atoms with van der Waals surface area (Å²) in [6.45, 7) is 0.721. The lowest BCUT2D eigenvalue weighted by Crippen LogP contribution is -2.30. The van der Waals surface area contributed by atoms with E-state index in [2.05, 4.69) is 41.7 Å². The van der Waals surface area contributed by atoms with Crippen molar-refractivity contribution in [2.75, 3.05) is 10.8 Å². The Morgan fingerprint density at radius 3 is 2.70 bits per heavy atom. The molecule has 0 unspecified atom stereocenters. The number of fused-ring (bicyclic) bond motifs is 1. The molecule has 1 aliphatic rings. The van der Waals surface area contributed by atoms with Crippen LogP contribution in [0.15, 0.2) is 58.2 Å². The number of hydrogen-bond donors (Lipinski definition) is 0. The predicted octanol–water partition coefficient (Wildman–Crippen LogP) is 4.89. The van der Waals surface area contributed by atoms with Gasteiger partial charge in [0.25, 0.3) is 0 Å². The van der Waals surface area contributed by atoms with E-state index in [1.807, 2.05) is 42.5 Å². The van der Waals surface area contributed by atoms with Crippen LogP contribution >= 0.6 is 39.3 Å². The largest absolute Gasteiger partial charge is 0.344 e. The van der Waals surface area contributed by atoms with E-state index in [0.29, 0.717) is 0 Å². The summed E-state index contributed by atoms with van der Waals surface area (Å²) in [6, 6.07) is 16.0. The molecule has 0 bridgehead atoms. The molecule has 0 saturated heterocycles. The first-order valence-corrected chi connectivity index (χ1v) is 9.19. The van der Waals surface area contributed by atoms with Crippen molar-refractivity contribution in [3.05, 3.63) is 58.0 Å². The van der Waals surface area contributed by atoms with Gasteiger partial charge in [0.05, 0.1) is 12.5 Å². The predicted molar refractivity (Wildman–Crippen MR) is 97.8 cm³/mol. The molecule has 4 nitrogen and oxygen atoms in total. The van der Waals surface area contributed by atoms with Crippen LogP contribution in [-0.2, 0) is 6.67 Å². The molecule has 2 heterocycles. The number of aromatic nitrogens is 3. The van der Waals surface area contributed by atoms with Crippen molar-refractivity contribution in [2.45, 2.75) is 11.8 Å². The smallest absolute Gasteiger partial charge is 0.194 e. The van der Waals surface area contributed by atoms with Crippen molar-refractivity contribution in [1.82, 2.24) is 14.8 Å². The summed E-state index contributed by atoms with van der Waals surface area (Å²) in [5, 5.41) is 10.4. The van der Waals surface area contributed by atoms with Gasteiger partial charge in [-0.1, -0.05) is 51.4 Å². The van der Waals surface area contributed by atoms with Gasteiger partial charge < -0.3 is 4.90 Å². The lowest BCUT2D eigenvalue weighted by atomic mass is 10.2. The molecule has 4 rings (SSSR count). The van der Waals surface area contributed by atoms with Gasteiger partial charge in [-0.2, -0.15) is 0 Å². The minimum absolute atomic E-state index is 0.721. The van der Waals surface area contributed by atoms with Gasteiger partial charge in [0.1, 0.15) is 0 Å². The highest BCUT2D eigenvalue weighted by molar-refractivity contribution is 9.10. The maximum atomic E-state index is 5.98. The Bertz CT molecular complexity index is 850. The number of anilines is 1. The van der Waals surface area contributed by atoms with Crippen molar-refractivity contribution in [3.8, 4) is 11.4 Å². The highest BCUT2D eigenvalue weighted by Gasteiger charge is 2.22. The lowest BCUT2D eigenvalue weighted by molar-refractivity contribution is 0.608. The number of benzene rings is 2. The summed E-state index contributed by atoms with van der Waals surface area (Å²) in [5.74, 6) is 1.73. The van der Waals surface area contributed by atoms with Gasteiger partial charge in [-0.3, -0.25) is 4.57 Å². The first-order valence-electron chi connectivity index (χ1n) is 7.03. The summed E-state index contributed by atoms with van der Waals surface area (Å²) < 4.78 is 3.18. The fourth-order valence-corrected chi connectivity index (χ4v) is 3.95. The zero-order valence-corrected chi connectivity index (χ0v) is 15.1. The van der Waals surface area contributed by atoms with Gasteiger partial charge in [-0.05, 0) is 36.4 Å². The van der Waals surface area contributed by atoms with Crippen LogP contribution in [-0.4, -0.2) is 20.6 Å². The van der Waals surface area contributed by atoms with E-state index in [4.69, 9.17) is 11.6 Å². The molecule has 0 amide bonds. The average molecular weight is 408 g/mol. The second-order valence-corrected chi connectivity index (χ2v) is 7.44. The molecule has 116 valence electrons. The van der Waals surface area contributed by atoms with Crippen LogP contribution in [0.3, 0.4) is 0 Å². The summed E-state index contributed by atoms with van der Waals surface area (Å²) in [6.07, 6.45) is 0. The third-order valence-corrected chi connectivity index (χ3v) is 5.40. The molecule has 23 heavy (non-hydrogen) atoms. The summed E-state index contributed by atoms with van der Waals surface area (Å²) in [4.78, 5) is 2.28. The molecule has 7 heteroatoms. The maximum Gasteiger partial charge on any atom is 0.194 e. The Morgan fingerprint density at radius 1 is 1.09 bits per heavy atom. The van der Waals surface area contributed by atoms with Crippen molar-refractivity contribution in [3.63, 3.8) is 0 Å². The van der Waals surface area contributed by atoms with Crippen molar-refractivity contribution in [1.29, 1.82) is 0 Å². The molecule has 3 aromatic rings. The average Bonchev–Trinajstić information content (AvgIpc) is 2.98. The fourth-order valence-electron chi connectivity index (χ4n) is 2.52. The maximum absolute atomic E-state index is 5.98. The molecule has 0 aliphatic carbocycles. The summed E-state index contributed by atoms with van der Waals surface area (Å²) in [7, 11) is 0. The van der Waals surface area contributed by atoms with Gasteiger partial charge in [0, 0.05) is 20.7 Å². The van der Waals surface area contributed by atoms with Gasteiger partial charge in [0.15, 0.2) is 11.0 Å². The van der Waals surface area contributed by atoms with E-state index in [9.17, 15) is 0 Å². The third kappa shape index (κ3) is 2.98. The molecule has 0 N–H and O–H groups in total. The van der Waals surface area contributed by atoms with Crippen LogP contribution in [0, 0.1) is 0 Å². The molecular weight excluding hydrogens is 396 g/mol.